The molecule has 218 valence electrons. The quantitative estimate of drug-likeness (QED) is 0.313. The molecular weight excluding hydrogens is 538 g/mol. The van der Waals surface area contributed by atoms with Crippen LogP contribution < -0.4 is 0 Å². The van der Waals surface area contributed by atoms with Crippen LogP contribution in [0.1, 0.15) is 29.2 Å². The van der Waals surface area contributed by atoms with Crippen LogP contribution in [0.3, 0.4) is 0 Å². The molecular formula is C30H38F2N2O5S. The molecule has 2 N–H and O–H groups in total. The second kappa shape index (κ2) is 16.5. The summed E-state index contributed by atoms with van der Waals surface area (Å²) < 4.78 is 60.1. The molecule has 0 bridgehead atoms. The smallest absolute Gasteiger partial charge is 0.267 e. The summed E-state index contributed by atoms with van der Waals surface area (Å²) in [5.41, 5.74) is 3.14. The monoisotopic (exact) mass is 576 g/mol. The molecule has 1 heterocycles. The molecule has 1 fully saturated rings. The number of aliphatic hydroxyl groups excluding tert-OH is 1. The number of rotatable bonds is 12. The summed E-state index contributed by atoms with van der Waals surface area (Å²) in [7, 11) is -3.92. The maximum atomic E-state index is 13.4. The topological polar surface area (TPSA) is 90.3 Å². The summed E-state index contributed by atoms with van der Waals surface area (Å²) >= 11 is 0. The molecule has 0 unspecified atom stereocenters. The first-order valence-corrected chi connectivity index (χ1v) is 15.0. The lowest BCUT2D eigenvalue weighted by Gasteiger charge is -2.35. The number of aryl methyl sites for hydroxylation is 1. The highest BCUT2D eigenvalue weighted by atomic mass is 32.2. The molecule has 0 radical (unpaired) electrons. The number of ether oxygens (including phenoxy) is 1. The van der Waals surface area contributed by atoms with Gasteiger partial charge in [-0.05, 0) is 60.3 Å². The van der Waals surface area contributed by atoms with Gasteiger partial charge in [0.15, 0.2) is 0 Å². The molecule has 0 spiro atoms. The number of hydrogen-bond acceptors (Lipinski definition) is 6. The van der Waals surface area contributed by atoms with Gasteiger partial charge in [-0.1, -0.05) is 54.6 Å². The molecule has 1 aliphatic rings. The molecule has 0 atom stereocenters. The average molecular weight is 577 g/mol. The number of halogens is 2. The number of hydrogen-bond donors (Lipinski definition) is 2. The van der Waals surface area contributed by atoms with Gasteiger partial charge in [0.1, 0.15) is 17.7 Å². The van der Waals surface area contributed by atoms with E-state index in [1.54, 1.807) is 24.3 Å². The van der Waals surface area contributed by atoms with Gasteiger partial charge in [-0.25, -0.2) is 8.78 Å². The van der Waals surface area contributed by atoms with Crippen LogP contribution in [0.15, 0.2) is 78.9 Å². The fraction of sp³-hybridized carbons (Fsp3) is 0.400. The summed E-state index contributed by atoms with van der Waals surface area (Å²) in [5.74, 6) is -1.14. The summed E-state index contributed by atoms with van der Waals surface area (Å²) in [4.78, 5) is 4.97. The first-order chi connectivity index (χ1) is 19.2. The van der Waals surface area contributed by atoms with E-state index in [2.05, 4.69) is 40.1 Å². The Morgan fingerprint density at radius 1 is 0.775 bits per heavy atom. The number of piperazine rings is 1. The van der Waals surface area contributed by atoms with Crippen LogP contribution in [0.4, 0.5) is 8.78 Å². The summed E-state index contributed by atoms with van der Waals surface area (Å²) in [6, 6.07) is 23.3. The summed E-state index contributed by atoms with van der Waals surface area (Å²) in [5, 5.41) is 7.86. The fourth-order valence-corrected chi connectivity index (χ4v) is 4.69. The minimum Gasteiger partial charge on any atom is -0.395 e. The van der Waals surface area contributed by atoms with Gasteiger partial charge in [0.25, 0.3) is 10.1 Å². The molecule has 3 aromatic carbocycles. The number of nitrogens with zero attached hydrogens (tertiary/aromatic N) is 2. The summed E-state index contributed by atoms with van der Waals surface area (Å²) in [6.07, 6.45) is 1.97. The maximum absolute atomic E-state index is 13.4. The average Bonchev–Trinajstić information content (AvgIpc) is 2.94. The highest BCUT2D eigenvalue weighted by molar-refractivity contribution is 7.85. The van der Waals surface area contributed by atoms with Crippen molar-refractivity contribution in [2.24, 2.45) is 0 Å². The van der Waals surface area contributed by atoms with Crippen LogP contribution in [0, 0.1) is 11.6 Å². The molecule has 0 aromatic heterocycles. The van der Waals surface area contributed by atoms with Crippen LogP contribution in [-0.2, 0) is 21.3 Å². The Labute approximate surface area is 235 Å². The Bertz CT molecular complexity index is 1180. The minimum atomic E-state index is -3.92. The van der Waals surface area contributed by atoms with E-state index in [0.29, 0.717) is 6.61 Å². The van der Waals surface area contributed by atoms with Gasteiger partial charge in [-0.2, -0.15) is 8.42 Å². The fourth-order valence-electron chi connectivity index (χ4n) is 4.46. The van der Waals surface area contributed by atoms with E-state index in [1.807, 2.05) is 0 Å². The van der Waals surface area contributed by atoms with Crippen molar-refractivity contribution < 1.29 is 31.6 Å². The van der Waals surface area contributed by atoms with E-state index in [9.17, 15) is 17.2 Å². The van der Waals surface area contributed by atoms with E-state index in [-0.39, 0.29) is 17.7 Å². The molecule has 0 saturated carbocycles. The van der Waals surface area contributed by atoms with Crippen LogP contribution in [0.5, 0.6) is 0 Å². The lowest BCUT2D eigenvalue weighted by Crippen LogP contribution is -2.47. The van der Waals surface area contributed by atoms with Crippen molar-refractivity contribution in [3.8, 4) is 0 Å². The third kappa shape index (κ3) is 11.8. The van der Waals surface area contributed by atoms with E-state index in [0.717, 1.165) is 56.8 Å². The molecule has 4 rings (SSSR count). The van der Waals surface area contributed by atoms with Gasteiger partial charge in [0.05, 0.1) is 19.0 Å². The van der Waals surface area contributed by atoms with Gasteiger partial charge < -0.3 is 14.7 Å². The predicted octanol–water partition coefficient (Wildman–Crippen LogP) is 4.19. The molecule has 0 aliphatic carbocycles. The van der Waals surface area contributed by atoms with Crippen molar-refractivity contribution in [2.75, 3.05) is 58.2 Å². The normalized spacial score (nSPS) is 14.6. The maximum Gasteiger partial charge on any atom is 0.267 e. The van der Waals surface area contributed by atoms with Crippen LogP contribution in [-0.4, -0.2) is 86.1 Å². The Hall–Kier alpha value is -2.73. The Balaban J connectivity index is 0.000000559. The van der Waals surface area contributed by atoms with Gasteiger partial charge in [-0.3, -0.25) is 9.45 Å². The third-order valence-electron chi connectivity index (χ3n) is 6.63. The van der Waals surface area contributed by atoms with Crippen LogP contribution in [0.25, 0.3) is 0 Å². The van der Waals surface area contributed by atoms with Gasteiger partial charge >= 0.3 is 0 Å². The SMILES string of the molecule is Fc1ccc(C(OCCN2CCN(CCCc3ccccc3)CC2)c2ccc(F)cc2)cc1.O=S(=O)(O)CCO. The van der Waals surface area contributed by atoms with Crippen LogP contribution in [0.2, 0.25) is 0 Å². The Morgan fingerprint density at radius 3 is 1.73 bits per heavy atom. The zero-order valence-electron chi connectivity index (χ0n) is 22.5. The second-order valence-corrected chi connectivity index (χ2v) is 11.2. The number of aliphatic hydroxyl groups is 1. The van der Waals surface area contributed by atoms with Crippen molar-refractivity contribution >= 4 is 10.1 Å². The predicted molar refractivity (Wildman–Crippen MR) is 152 cm³/mol. The van der Waals surface area contributed by atoms with Gasteiger partial charge in [0.2, 0.25) is 0 Å². The molecule has 3 aromatic rings. The first-order valence-electron chi connectivity index (χ1n) is 13.4. The van der Waals surface area contributed by atoms with Gasteiger partial charge in [0, 0.05) is 32.7 Å². The first kappa shape index (κ1) is 31.8. The highest BCUT2D eigenvalue weighted by Crippen LogP contribution is 2.26. The molecule has 7 nitrogen and oxygen atoms in total. The van der Waals surface area contributed by atoms with E-state index >= 15 is 0 Å². The Kier molecular flexibility index (Phi) is 13.1. The molecule has 1 aliphatic heterocycles. The molecule has 0 amide bonds. The third-order valence-corrected chi connectivity index (χ3v) is 7.33. The minimum absolute atomic E-state index is 0.279. The van der Waals surface area contributed by atoms with E-state index in [4.69, 9.17) is 14.4 Å². The molecule has 40 heavy (non-hydrogen) atoms. The zero-order chi connectivity index (χ0) is 28.8. The summed E-state index contributed by atoms with van der Waals surface area (Å²) in [6.45, 7) is 6.24. The lowest BCUT2D eigenvalue weighted by atomic mass is 10.0. The second-order valence-electron chi connectivity index (χ2n) is 9.64. The van der Waals surface area contributed by atoms with Crippen molar-refractivity contribution in [3.63, 3.8) is 0 Å². The van der Waals surface area contributed by atoms with Crippen molar-refractivity contribution in [1.82, 2.24) is 9.80 Å². The van der Waals surface area contributed by atoms with Crippen LogP contribution >= 0.6 is 0 Å². The van der Waals surface area contributed by atoms with Crippen molar-refractivity contribution in [1.29, 1.82) is 0 Å². The standard InChI is InChI=1S/C28H32F2N2O.C2H6O4S/c29-26-12-8-24(9-13-26)28(25-10-14-27(30)15-11-25)33-22-21-32-19-17-31(18-20-32)16-4-7-23-5-2-1-3-6-23;3-1-2-7(4,5)6/h1-3,5-6,8-15,28H,4,7,16-22H2;3H,1-2H2,(H,4,5,6). The Morgan fingerprint density at radius 2 is 1.27 bits per heavy atom. The highest BCUT2D eigenvalue weighted by Gasteiger charge is 2.19. The molecule has 1 saturated heterocycles. The van der Waals surface area contributed by atoms with Crippen molar-refractivity contribution in [3.05, 3.63) is 107 Å². The van der Waals surface area contributed by atoms with Crippen molar-refractivity contribution in [2.45, 2.75) is 18.9 Å². The van der Waals surface area contributed by atoms with Gasteiger partial charge in [-0.15, -0.1) is 0 Å². The molecule has 10 heteroatoms. The zero-order valence-corrected chi connectivity index (χ0v) is 23.4. The van der Waals surface area contributed by atoms with E-state index < -0.39 is 22.5 Å². The lowest BCUT2D eigenvalue weighted by molar-refractivity contribution is 0.0451. The van der Waals surface area contributed by atoms with E-state index in [1.165, 1.54) is 36.2 Å². The largest absolute Gasteiger partial charge is 0.395 e. The number of benzene rings is 3.